The molecule has 3 rings (SSSR count). The van der Waals surface area contributed by atoms with Crippen LogP contribution in [0.3, 0.4) is 0 Å². The monoisotopic (exact) mass is 427 g/mol. The number of anilines is 1. The Morgan fingerprint density at radius 1 is 1.39 bits per heavy atom. The maximum atomic E-state index is 13.6. The molecule has 1 unspecified atom stereocenters. The van der Waals surface area contributed by atoms with Gasteiger partial charge < -0.3 is 15.4 Å². The molecule has 28 heavy (non-hydrogen) atoms. The topological polar surface area (TPSA) is 53.6 Å². The first-order valence-electron chi connectivity index (χ1n) is 8.82. The fourth-order valence-corrected chi connectivity index (χ4v) is 3.44. The molecule has 1 heterocycles. The van der Waals surface area contributed by atoms with Crippen molar-refractivity contribution in [2.45, 2.75) is 13.0 Å². The molecule has 0 bridgehead atoms. The number of hydrogen-bond acceptors (Lipinski definition) is 4. The summed E-state index contributed by atoms with van der Waals surface area (Å²) in [6.45, 7) is 4.22. The van der Waals surface area contributed by atoms with Crippen LogP contribution in [-0.2, 0) is 4.79 Å². The third kappa shape index (κ3) is 5.35. The number of amides is 1. The Morgan fingerprint density at radius 3 is 2.89 bits per heavy atom. The smallest absolute Gasteiger partial charge is 0.238 e. The molecule has 1 amide bonds. The van der Waals surface area contributed by atoms with Crippen LogP contribution in [0, 0.1) is 12.7 Å². The molecule has 1 aliphatic heterocycles. The SMILES string of the molecule is COc1cc(Cl)c(C)cc1NC(=O)CN1CCNCC1c1cccc(F)c1.Cl. The standard InChI is InChI=1S/C20H23ClFN3O2.ClH/c1-13-8-17(19(27-2)10-16(13)21)24-20(26)12-25-7-6-23-11-18(25)14-4-3-5-15(22)9-14;/h3-5,8-10,18,23H,6-7,11-12H2,1-2H3,(H,24,26);1H. The fourth-order valence-electron chi connectivity index (χ4n) is 3.28. The van der Waals surface area contributed by atoms with E-state index in [1.807, 2.05) is 13.0 Å². The van der Waals surface area contributed by atoms with Crippen LogP contribution in [0.5, 0.6) is 5.75 Å². The van der Waals surface area contributed by atoms with Gasteiger partial charge in [-0.2, -0.15) is 0 Å². The van der Waals surface area contributed by atoms with E-state index in [4.69, 9.17) is 16.3 Å². The largest absolute Gasteiger partial charge is 0.495 e. The molecular formula is C20H24Cl2FN3O2. The quantitative estimate of drug-likeness (QED) is 0.761. The van der Waals surface area contributed by atoms with Gasteiger partial charge in [0, 0.05) is 36.8 Å². The van der Waals surface area contributed by atoms with Gasteiger partial charge in [-0.1, -0.05) is 23.7 Å². The Morgan fingerprint density at radius 2 is 2.18 bits per heavy atom. The molecule has 1 saturated heterocycles. The lowest BCUT2D eigenvalue weighted by Crippen LogP contribution is -2.48. The van der Waals surface area contributed by atoms with Crippen molar-refractivity contribution in [3.63, 3.8) is 0 Å². The highest BCUT2D eigenvalue weighted by Crippen LogP contribution is 2.31. The summed E-state index contributed by atoms with van der Waals surface area (Å²) in [5.74, 6) is 0.0862. The zero-order chi connectivity index (χ0) is 19.4. The first kappa shape index (κ1) is 22.4. The van der Waals surface area contributed by atoms with Gasteiger partial charge >= 0.3 is 0 Å². The number of halogens is 3. The Kier molecular flexibility index (Phi) is 8.07. The van der Waals surface area contributed by atoms with Crippen molar-refractivity contribution in [2.24, 2.45) is 0 Å². The third-order valence-electron chi connectivity index (χ3n) is 4.69. The van der Waals surface area contributed by atoms with Crippen molar-refractivity contribution in [3.05, 3.63) is 58.4 Å². The van der Waals surface area contributed by atoms with Crippen molar-refractivity contribution >= 4 is 35.6 Å². The Bertz CT molecular complexity index is 835. The van der Waals surface area contributed by atoms with E-state index in [0.717, 1.165) is 17.7 Å². The lowest BCUT2D eigenvalue weighted by Gasteiger charge is -2.36. The number of nitrogens with one attached hydrogen (secondary N) is 2. The first-order chi connectivity index (χ1) is 13.0. The van der Waals surface area contributed by atoms with Crippen LogP contribution in [0.1, 0.15) is 17.2 Å². The van der Waals surface area contributed by atoms with Crippen molar-refractivity contribution in [2.75, 3.05) is 38.6 Å². The number of hydrogen-bond donors (Lipinski definition) is 2. The van der Waals surface area contributed by atoms with E-state index in [0.29, 0.717) is 29.5 Å². The zero-order valence-electron chi connectivity index (χ0n) is 15.8. The minimum atomic E-state index is -0.274. The van der Waals surface area contributed by atoms with Gasteiger partial charge in [-0.05, 0) is 36.2 Å². The second-order valence-corrected chi connectivity index (χ2v) is 7.00. The molecule has 1 atom stereocenters. The number of aryl methyl sites for hydroxylation is 1. The molecule has 0 radical (unpaired) electrons. The van der Waals surface area contributed by atoms with Crippen LogP contribution in [0.2, 0.25) is 5.02 Å². The number of benzene rings is 2. The number of carbonyl (C=O) groups is 1. The molecule has 2 N–H and O–H groups in total. The summed E-state index contributed by atoms with van der Waals surface area (Å²) in [5, 5.41) is 6.79. The lowest BCUT2D eigenvalue weighted by atomic mass is 10.0. The highest BCUT2D eigenvalue weighted by molar-refractivity contribution is 6.31. The molecule has 2 aromatic rings. The first-order valence-corrected chi connectivity index (χ1v) is 9.20. The highest BCUT2D eigenvalue weighted by atomic mass is 35.5. The van der Waals surface area contributed by atoms with Crippen LogP contribution in [-0.4, -0.2) is 44.1 Å². The van der Waals surface area contributed by atoms with Gasteiger partial charge in [0.15, 0.2) is 0 Å². The van der Waals surface area contributed by atoms with Crippen molar-refractivity contribution in [1.82, 2.24) is 10.2 Å². The van der Waals surface area contributed by atoms with Crippen LogP contribution in [0.25, 0.3) is 0 Å². The molecule has 1 fully saturated rings. The predicted octanol–water partition coefficient (Wildman–Crippen LogP) is 3.80. The van der Waals surface area contributed by atoms with E-state index in [9.17, 15) is 9.18 Å². The molecule has 8 heteroatoms. The Balaban J connectivity index is 0.00000280. The Hall–Kier alpha value is -1.86. The maximum Gasteiger partial charge on any atom is 0.238 e. The second kappa shape index (κ2) is 10.1. The van der Waals surface area contributed by atoms with E-state index in [1.54, 1.807) is 18.2 Å². The predicted molar refractivity (Wildman–Crippen MR) is 112 cm³/mol. The van der Waals surface area contributed by atoms with Crippen molar-refractivity contribution in [1.29, 1.82) is 0 Å². The molecule has 1 aliphatic rings. The molecule has 2 aromatic carbocycles. The van der Waals surface area contributed by atoms with E-state index < -0.39 is 0 Å². The van der Waals surface area contributed by atoms with E-state index >= 15 is 0 Å². The number of methoxy groups -OCH3 is 1. The summed E-state index contributed by atoms with van der Waals surface area (Å²) in [6.07, 6.45) is 0. The minimum absolute atomic E-state index is 0. The summed E-state index contributed by atoms with van der Waals surface area (Å²) in [4.78, 5) is 14.7. The molecule has 0 spiro atoms. The van der Waals surface area contributed by atoms with Crippen LogP contribution >= 0.6 is 24.0 Å². The molecule has 152 valence electrons. The van der Waals surface area contributed by atoms with Gasteiger partial charge in [-0.25, -0.2) is 4.39 Å². The van der Waals surface area contributed by atoms with Gasteiger partial charge in [-0.15, -0.1) is 12.4 Å². The molecule has 0 saturated carbocycles. The van der Waals surface area contributed by atoms with E-state index in [1.165, 1.54) is 19.2 Å². The van der Waals surface area contributed by atoms with E-state index in [2.05, 4.69) is 15.5 Å². The number of ether oxygens (including phenoxy) is 1. The highest BCUT2D eigenvalue weighted by Gasteiger charge is 2.26. The zero-order valence-corrected chi connectivity index (χ0v) is 17.4. The fraction of sp³-hybridized carbons (Fsp3) is 0.350. The van der Waals surface area contributed by atoms with E-state index in [-0.39, 0.29) is 36.7 Å². The maximum absolute atomic E-state index is 13.6. The van der Waals surface area contributed by atoms with Gasteiger partial charge in [0.25, 0.3) is 0 Å². The number of rotatable bonds is 5. The molecule has 0 aliphatic carbocycles. The van der Waals surface area contributed by atoms with Gasteiger partial charge in [0.1, 0.15) is 11.6 Å². The third-order valence-corrected chi connectivity index (χ3v) is 5.10. The lowest BCUT2D eigenvalue weighted by molar-refractivity contribution is -0.118. The van der Waals surface area contributed by atoms with Crippen molar-refractivity contribution < 1.29 is 13.9 Å². The summed E-state index contributed by atoms with van der Waals surface area (Å²) >= 11 is 6.12. The average molecular weight is 428 g/mol. The summed E-state index contributed by atoms with van der Waals surface area (Å²) < 4.78 is 18.9. The van der Waals surface area contributed by atoms with Crippen molar-refractivity contribution in [3.8, 4) is 5.75 Å². The Labute approximate surface area is 175 Å². The number of nitrogens with zero attached hydrogens (tertiary/aromatic N) is 1. The van der Waals surface area contributed by atoms with Crippen LogP contribution < -0.4 is 15.4 Å². The minimum Gasteiger partial charge on any atom is -0.495 e. The normalized spacial score (nSPS) is 16.9. The molecule has 5 nitrogen and oxygen atoms in total. The van der Waals surface area contributed by atoms with Crippen LogP contribution in [0.15, 0.2) is 36.4 Å². The molecule has 0 aromatic heterocycles. The summed E-state index contributed by atoms with van der Waals surface area (Å²) in [5.41, 5.74) is 2.30. The van der Waals surface area contributed by atoms with Crippen LogP contribution in [0.4, 0.5) is 10.1 Å². The second-order valence-electron chi connectivity index (χ2n) is 6.60. The molecular weight excluding hydrogens is 404 g/mol. The number of carbonyl (C=O) groups excluding carboxylic acids is 1. The van der Waals surface area contributed by atoms with Gasteiger partial charge in [0.2, 0.25) is 5.91 Å². The summed E-state index contributed by atoms with van der Waals surface area (Å²) in [6, 6.07) is 9.94. The number of piperazine rings is 1. The van der Waals surface area contributed by atoms with Gasteiger partial charge in [0.05, 0.1) is 19.3 Å². The average Bonchev–Trinajstić information content (AvgIpc) is 2.65. The van der Waals surface area contributed by atoms with Gasteiger partial charge in [-0.3, -0.25) is 9.69 Å². The summed E-state index contributed by atoms with van der Waals surface area (Å²) in [7, 11) is 1.53.